The Bertz CT molecular complexity index is 458. The minimum absolute atomic E-state index is 0.685. The first-order valence-corrected chi connectivity index (χ1v) is 6.68. The van der Waals surface area contributed by atoms with E-state index in [9.17, 15) is 0 Å². The summed E-state index contributed by atoms with van der Waals surface area (Å²) in [6, 6.07) is 11.5. The number of imidazole rings is 1. The third kappa shape index (κ3) is 2.62. The molecule has 1 heterocycles. The molecule has 0 spiro atoms. The Kier molecular flexibility index (Phi) is 3.42. The lowest BCUT2D eigenvalue weighted by molar-refractivity contribution is 0.292. The summed E-state index contributed by atoms with van der Waals surface area (Å²) < 4.78 is 0. The van der Waals surface area contributed by atoms with Crippen LogP contribution in [0.2, 0.25) is 0 Å². The molecule has 2 aromatic rings. The zero-order valence-corrected chi connectivity index (χ0v) is 10.5. The van der Waals surface area contributed by atoms with Gasteiger partial charge in [0.2, 0.25) is 0 Å². The summed E-state index contributed by atoms with van der Waals surface area (Å²) in [5, 5.41) is 3.60. The lowest BCUT2D eigenvalue weighted by atomic mass is 9.76. The van der Waals surface area contributed by atoms with Gasteiger partial charge in [0.05, 0.1) is 0 Å². The first kappa shape index (κ1) is 11.5. The molecule has 0 atom stereocenters. The monoisotopic (exact) mass is 241 g/mol. The molecule has 3 rings (SSSR count). The summed E-state index contributed by atoms with van der Waals surface area (Å²) in [5.41, 5.74) is 1.49. The molecule has 3 heteroatoms. The van der Waals surface area contributed by atoms with E-state index in [0.29, 0.717) is 6.04 Å². The predicted octanol–water partition coefficient (Wildman–Crippen LogP) is 2.49. The van der Waals surface area contributed by atoms with E-state index in [1.807, 2.05) is 12.4 Å². The van der Waals surface area contributed by atoms with Crippen LogP contribution in [0.25, 0.3) is 0 Å². The van der Waals surface area contributed by atoms with Gasteiger partial charge in [0, 0.05) is 31.4 Å². The lowest BCUT2D eigenvalue weighted by Gasteiger charge is -2.36. The van der Waals surface area contributed by atoms with E-state index in [-0.39, 0.29) is 0 Å². The quantitative estimate of drug-likeness (QED) is 0.844. The van der Waals surface area contributed by atoms with Crippen LogP contribution in [-0.2, 0) is 6.42 Å². The fourth-order valence-electron chi connectivity index (χ4n) is 2.61. The molecule has 1 aromatic heterocycles. The molecule has 1 aliphatic rings. The van der Waals surface area contributed by atoms with Crippen LogP contribution in [0.5, 0.6) is 0 Å². The summed E-state index contributed by atoms with van der Waals surface area (Å²) in [6.45, 7) is 1.01. The van der Waals surface area contributed by atoms with Gasteiger partial charge in [0.25, 0.3) is 0 Å². The number of benzene rings is 1. The SMILES string of the molecule is c1ccc(C2CC(NCCc3ncc[nH]3)C2)cc1. The molecule has 94 valence electrons. The van der Waals surface area contributed by atoms with Gasteiger partial charge in [-0.3, -0.25) is 0 Å². The number of aromatic nitrogens is 2. The molecule has 0 saturated heterocycles. The first-order chi connectivity index (χ1) is 8.92. The third-order valence-corrected chi connectivity index (χ3v) is 3.76. The zero-order chi connectivity index (χ0) is 12.2. The molecule has 1 aromatic carbocycles. The molecule has 1 saturated carbocycles. The Labute approximate surface area is 108 Å². The van der Waals surface area contributed by atoms with Gasteiger partial charge in [-0.05, 0) is 24.3 Å². The van der Waals surface area contributed by atoms with E-state index in [0.717, 1.165) is 24.7 Å². The molecule has 1 fully saturated rings. The number of H-pyrrole nitrogens is 1. The molecule has 2 N–H and O–H groups in total. The Hall–Kier alpha value is -1.61. The second kappa shape index (κ2) is 5.36. The molecule has 18 heavy (non-hydrogen) atoms. The van der Waals surface area contributed by atoms with Gasteiger partial charge < -0.3 is 10.3 Å². The highest BCUT2D eigenvalue weighted by molar-refractivity contribution is 5.22. The van der Waals surface area contributed by atoms with E-state index in [1.165, 1.54) is 18.4 Å². The number of nitrogens with zero attached hydrogens (tertiary/aromatic N) is 1. The van der Waals surface area contributed by atoms with E-state index in [4.69, 9.17) is 0 Å². The molecule has 0 bridgehead atoms. The zero-order valence-electron chi connectivity index (χ0n) is 10.5. The van der Waals surface area contributed by atoms with Crippen molar-refractivity contribution in [2.24, 2.45) is 0 Å². The highest BCUT2D eigenvalue weighted by Gasteiger charge is 2.29. The molecule has 3 nitrogen and oxygen atoms in total. The second-order valence-electron chi connectivity index (χ2n) is 5.02. The van der Waals surface area contributed by atoms with Crippen molar-refractivity contribution in [2.45, 2.75) is 31.2 Å². The van der Waals surface area contributed by atoms with Crippen molar-refractivity contribution in [2.75, 3.05) is 6.54 Å². The smallest absolute Gasteiger partial charge is 0.107 e. The molecular formula is C15H19N3. The van der Waals surface area contributed by atoms with Crippen LogP contribution in [0, 0.1) is 0 Å². The Morgan fingerprint density at radius 1 is 1.22 bits per heavy atom. The van der Waals surface area contributed by atoms with Crippen LogP contribution < -0.4 is 5.32 Å². The summed E-state index contributed by atoms with van der Waals surface area (Å²) in [6.07, 6.45) is 7.21. The van der Waals surface area contributed by atoms with Crippen LogP contribution in [0.3, 0.4) is 0 Å². The van der Waals surface area contributed by atoms with Crippen molar-refractivity contribution < 1.29 is 0 Å². The number of hydrogen-bond donors (Lipinski definition) is 2. The third-order valence-electron chi connectivity index (χ3n) is 3.76. The van der Waals surface area contributed by atoms with Crippen LogP contribution in [0.4, 0.5) is 0 Å². The maximum atomic E-state index is 4.22. The normalized spacial score (nSPS) is 22.7. The van der Waals surface area contributed by atoms with Crippen molar-refractivity contribution in [3.8, 4) is 0 Å². The van der Waals surface area contributed by atoms with Gasteiger partial charge in [0.15, 0.2) is 0 Å². The average molecular weight is 241 g/mol. The maximum absolute atomic E-state index is 4.22. The molecule has 1 aliphatic carbocycles. The molecule has 0 amide bonds. The molecule has 0 radical (unpaired) electrons. The number of aromatic amines is 1. The van der Waals surface area contributed by atoms with Crippen molar-refractivity contribution >= 4 is 0 Å². The van der Waals surface area contributed by atoms with Crippen molar-refractivity contribution in [3.05, 3.63) is 54.1 Å². The number of nitrogens with one attached hydrogen (secondary N) is 2. The summed E-state index contributed by atoms with van der Waals surface area (Å²) >= 11 is 0. The van der Waals surface area contributed by atoms with Gasteiger partial charge in [-0.15, -0.1) is 0 Å². The maximum Gasteiger partial charge on any atom is 0.107 e. The molecule has 0 aliphatic heterocycles. The van der Waals surface area contributed by atoms with Crippen LogP contribution >= 0.6 is 0 Å². The molecular weight excluding hydrogens is 222 g/mol. The van der Waals surface area contributed by atoms with Gasteiger partial charge in [-0.1, -0.05) is 30.3 Å². The van der Waals surface area contributed by atoms with E-state index < -0.39 is 0 Å². The minimum atomic E-state index is 0.685. The topological polar surface area (TPSA) is 40.7 Å². The largest absolute Gasteiger partial charge is 0.349 e. The van der Waals surface area contributed by atoms with Crippen molar-refractivity contribution in [3.63, 3.8) is 0 Å². The van der Waals surface area contributed by atoms with Crippen LogP contribution in [0.15, 0.2) is 42.7 Å². The van der Waals surface area contributed by atoms with E-state index in [2.05, 4.69) is 45.6 Å². The summed E-state index contributed by atoms with van der Waals surface area (Å²) in [7, 11) is 0. The molecule has 0 unspecified atom stereocenters. The summed E-state index contributed by atoms with van der Waals surface area (Å²) in [4.78, 5) is 7.35. The fourth-order valence-corrected chi connectivity index (χ4v) is 2.61. The highest BCUT2D eigenvalue weighted by Crippen LogP contribution is 2.36. The van der Waals surface area contributed by atoms with Crippen molar-refractivity contribution in [1.82, 2.24) is 15.3 Å². The predicted molar refractivity (Wildman–Crippen MR) is 72.5 cm³/mol. The first-order valence-electron chi connectivity index (χ1n) is 6.68. The van der Waals surface area contributed by atoms with Crippen LogP contribution in [-0.4, -0.2) is 22.6 Å². The van der Waals surface area contributed by atoms with E-state index >= 15 is 0 Å². The number of hydrogen-bond acceptors (Lipinski definition) is 2. The Balaban J connectivity index is 1.38. The van der Waals surface area contributed by atoms with Gasteiger partial charge >= 0.3 is 0 Å². The minimum Gasteiger partial charge on any atom is -0.349 e. The lowest BCUT2D eigenvalue weighted by Crippen LogP contribution is -2.41. The fraction of sp³-hybridized carbons (Fsp3) is 0.400. The Morgan fingerprint density at radius 2 is 2.06 bits per heavy atom. The average Bonchev–Trinajstić information content (AvgIpc) is 2.86. The van der Waals surface area contributed by atoms with Crippen LogP contribution in [0.1, 0.15) is 30.1 Å². The standard InChI is InChI=1S/C15H19N3/c1-2-4-12(5-3-1)13-10-14(11-13)16-7-6-15-17-8-9-18-15/h1-5,8-9,13-14,16H,6-7,10-11H2,(H,17,18). The van der Waals surface area contributed by atoms with E-state index in [1.54, 1.807) is 0 Å². The second-order valence-corrected chi connectivity index (χ2v) is 5.02. The highest BCUT2D eigenvalue weighted by atomic mass is 14.9. The Morgan fingerprint density at radius 3 is 2.78 bits per heavy atom. The number of rotatable bonds is 5. The van der Waals surface area contributed by atoms with Crippen molar-refractivity contribution in [1.29, 1.82) is 0 Å². The van der Waals surface area contributed by atoms with Gasteiger partial charge in [-0.2, -0.15) is 0 Å². The summed E-state index contributed by atoms with van der Waals surface area (Å²) in [5.74, 6) is 1.83. The van der Waals surface area contributed by atoms with Gasteiger partial charge in [-0.25, -0.2) is 4.98 Å². The van der Waals surface area contributed by atoms with Gasteiger partial charge in [0.1, 0.15) is 5.82 Å².